The molecule has 134 valence electrons. The van der Waals surface area contributed by atoms with E-state index in [2.05, 4.69) is 25.6 Å². The summed E-state index contributed by atoms with van der Waals surface area (Å²) in [6.07, 6.45) is 1.45. The summed E-state index contributed by atoms with van der Waals surface area (Å²) in [4.78, 5) is 14.3. The molecule has 0 amide bonds. The number of aliphatic imine (C=N–C) groups is 1. The average molecular weight is 365 g/mol. The zero-order chi connectivity index (χ0) is 18.8. The number of benzene rings is 1. The van der Waals surface area contributed by atoms with Crippen molar-refractivity contribution in [3.63, 3.8) is 0 Å². The molecule has 11 heteroatoms. The maximum atomic E-state index is 10.8. The number of rotatable bonds is 5. The zero-order valence-electron chi connectivity index (χ0n) is 13.6. The van der Waals surface area contributed by atoms with Gasteiger partial charge in [-0.1, -0.05) is 0 Å². The molecule has 3 aromatic heterocycles. The van der Waals surface area contributed by atoms with Gasteiger partial charge in [0, 0.05) is 5.69 Å². The zero-order valence-corrected chi connectivity index (χ0v) is 13.6. The summed E-state index contributed by atoms with van der Waals surface area (Å²) in [5, 5.41) is 35.2. The number of hydrogen-bond donors (Lipinski definition) is 2. The lowest BCUT2D eigenvalue weighted by molar-refractivity contribution is -0.401. The second kappa shape index (κ2) is 6.55. The third-order valence-corrected chi connectivity index (χ3v) is 3.54. The number of aromatic nitrogens is 4. The summed E-state index contributed by atoms with van der Waals surface area (Å²) in [6, 6.07) is 12.5. The fraction of sp³-hybridized carbons (Fsp3) is 0. The maximum Gasteiger partial charge on any atom is 0.433 e. The molecular weight excluding hydrogens is 354 g/mol. The number of furan rings is 1. The molecule has 0 saturated heterocycles. The number of anilines is 1. The van der Waals surface area contributed by atoms with Gasteiger partial charge in [-0.3, -0.25) is 10.1 Å². The molecule has 0 saturated carbocycles. The molecule has 27 heavy (non-hydrogen) atoms. The van der Waals surface area contributed by atoms with Gasteiger partial charge in [-0.25, -0.2) is 4.99 Å². The molecule has 1 aromatic carbocycles. The summed E-state index contributed by atoms with van der Waals surface area (Å²) in [6.45, 7) is 0. The number of nitrogens with zero attached hydrogens (tertiary/aromatic N) is 6. The molecule has 3 heterocycles. The van der Waals surface area contributed by atoms with Gasteiger partial charge in [0.1, 0.15) is 10.7 Å². The lowest BCUT2D eigenvalue weighted by Gasteiger charge is -2.00. The summed E-state index contributed by atoms with van der Waals surface area (Å²) in [5.74, 6) is 0.527. The Morgan fingerprint density at radius 2 is 1.96 bits per heavy atom. The third kappa shape index (κ3) is 3.28. The highest BCUT2D eigenvalue weighted by molar-refractivity contribution is 5.77. The third-order valence-electron chi connectivity index (χ3n) is 3.54. The molecule has 0 spiro atoms. The van der Waals surface area contributed by atoms with Gasteiger partial charge in [-0.2, -0.15) is 4.52 Å². The highest BCUT2D eigenvalue weighted by Gasteiger charge is 2.18. The summed E-state index contributed by atoms with van der Waals surface area (Å²) < 4.78 is 6.54. The van der Waals surface area contributed by atoms with Crippen LogP contribution in [0.4, 0.5) is 17.4 Å². The summed E-state index contributed by atoms with van der Waals surface area (Å²) in [7, 11) is 0. The lowest BCUT2D eigenvalue weighted by Crippen LogP contribution is -1.96. The van der Waals surface area contributed by atoms with Gasteiger partial charge in [0.05, 0.1) is 12.4 Å². The van der Waals surface area contributed by atoms with Gasteiger partial charge < -0.3 is 14.8 Å². The average Bonchev–Trinajstić information content (AvgIpc) is 3.30. The molecule has 4 rings (SSSR count). The highest BCUT2D eigenvalue weighted by atomic mass is 16.6. The minimum Gasteiger partial charge on any atom is -0.508 e. The Hall–Kier alpha value is -4.28. The number of nitrogens with one attached hydrogen (secondary N) is 1. The van der Waals surface area contributed by atoms with E-state index in [0.717, 1.165) is 5.69 Å². The van der Waals surface area contributed by atoms with Gasteiger partial charge in [0.15, 0.2) is 17.2 Å². The van der Waals surface area contributed by atoms with Crippen LogP contribution in [0.1, 0.15) is 0 Å². The molecule has 0 radical (unpaired) electrons. The summed E-state index contributed by atoms with van der Waals surface area (Å²) in [5.41, 5.74) is 1.18. The van der Waals surface area contributed by atoms with E-state index in [1.54, 1.807) is 36.4 Å². The number of phenols is 1. The van der Waals surface area contributed by atoms with Gasteiger partial charge in [-0.05, 0) is 42.5 Å². The molecule has 2 N–H and O–H groups in total. The molecule has 0 atom stereocenters. The van der Waals surface area contributed by atoms with E-state index in [4.69, 9.17) is 4.42 Å². The first-order chi connectivity index (χ1) is 13.1. The number of hydrogen-bond acceptors (Lipinski definition) is 8. The van der Waals surface area contributed by atoms with Crippen LogP contribution in [-0.2, 0) is 0 Å². The van der Waals surface area contributed by atoms with E-state index < -0.39 is 10.8 Å². The second-order valence-electron chi connectivity index (χ2n) is 5.33. The van der Waals surface area contributed by atoms with Crippen molar-refractivity contribution >= 4 is 29.4 Å². The van der Waals surface area contributed by atoms with Crippen LogP contribution in [0.15, 0.2) is 57.9 Å². The SMILES string of the molecule is O=[N+]([O-])c1ccc(-c2nnc3ccc(N=CNc4ccc(O)cc4)nn23)o1. The van der Waals surface area contributed by atoms with E-state index >= 15 is 0 Å². The lowest BCUT2D eigenvalue weighted by atomic mass is 10.3. The van der Waals surface area contributed by atoms with Crippen LogP contribution in [-0.4, -0.2) is 36.2 Å². The Morgan fingerprint density at radius 1 is 1.15 bits per heavy atom. The molecule has 4 aromatic rings. The minimum atomic E-state index is -0.634. The van der Waals surface area contributed by atoms with Crippen molar-refractivity contribution in [1.29, 1.82) is 0 Å². The van der Waals surface area contributed by atoms with Crippen molar-refractivity contribution in [3.05, 3.63) is 58.6 Å². The number of nitro groups is 1. The Labute approximate surface area is 150 Å². The Bertz CT molecular complexity index is 1150. The molecular formula is C16H11N7O4. The quantitative estimate of drug-likeness (QED) is 0.181. The van der Waals surface area contributed by atoms with Crippen LogP contribution in [0.2, 0.25) is 0 Å². The van der Waals surface area contributed by atoms with Gasteiger partial charge in [-0.15, -0.1) is 15.3 Å². The van der Waals surface area contributed by atoms with Crippen LogP contribution < -0.4 is 5.32 Å². The van der Waals surface area contributed by atoms with Gasteiger partial charge in [0.2, 0.25) is 5.82 Å². The Morgan fingerprint density at radius 3 is 2.70 bits per heavy atom. The highest BCUT2D eigenvalue weighted by Crippen LogP contribution is 2.25. The van der Waals surface area contributed by atoms with Crippen LogP contribution in [0.3, 0.4) is 0 Å². The van der Waals surface area contributed by atoms with E-state index in [1.165, 1.54) is 23.0 Å². The Kier molecular flexibility index (Phi) is 3.93. The molecule has 0 aliphatic rings. The fourth-order valence-electron chi connectivity index (χ4n) is 2.28. The first-order valence-corrected chi connectivity index (χ1v) is 7.65. The molecule has 0 aliphatic heterocycles. The molecule has 0 fully saturated rings. The minimum absolute atomic E-state index is 0.169. The van der Waals surface area contributed by atoms with Crippen molar-refractivity contribution < 1.29 is 14.4 Å². The van der Waals surface area contributed by atoms with E-state index in [1.807, 2.05) is 0 Å². The normalized spacial score (nSPS) is 11.3. The monoisotopic (exact) mass is 365 g/mol. The molecule has 0 bridgehead atoms. The van der Waals surface area contributed by atoms with Crippen molar-refractivity contribution in [1.82, 2.24) is 19.8 Å². The molecule has 0 unspecified atom stereocenters. The van der Waals surface area contributed by atoms with Crippen molar-refractivity contribution in [3.8, 4) is 17.3 Å². The number of phenolic OH excluding ortho intramolecular Hbond substituents is 1. The first-order valence-electron chi connectivity index (χ1n) is 7.65. The predicted molar refractivity (Wildman–Crippen MR) is 95.0 cm³/mol. The molecule has 11 nitrogen and oxygen atoms in total. The second-order valence-corrected chi connectivity index (χ2v) is 5.33. The van der Waals surface area contributed by atoms with E-state index in [9.17, 15) is 15.2 Å². The predicted octanol–water partition coefficient (Wildman–Crippen LogP) is 2.77. The number of fused-ring (bicyclic) bond motifs is 1. The standard InChI is InChI=1S/C16H11N7O4/c24-11-3-1-10(2-4-11)17-9-18-13-6-7-14-19-20-16(22(14)21-13)12-5-8-15(27-12)23(25)26/h1-9,24H,(H,17,18,21). The van der Waals surface area contributed by atoms with Crippen LogP contribution in [0, 0.1) is 10.1 Å². The summed E-state index contributed by atoms with van der Waals surface area (Å²) >= 11 is 0. The van der Waals surface area contributed by atoms with Gasteiger partial charge >= 0.3 is 5.88 Å². The fourth-order valence-corrected chi connectivity index (χ4v) is 2.28. The maximum absolute atomic E-state index is 10.8. The van der Waals surface area contributed by atoms with Gasteiger partial charge in [0.25, 0.3) is 0 Å². The van der Waals surface area contributed by atoms with Crippen LogP contribution in [0.5, 0.6) is 5.75 Å². The Balaban J connectivity index is 1.60. The first kappa shape index (κ1) is 16.2. The topological polar surface area (TPSA) is 144 Å². The van der Waals surface area contributed by atoms with Crippen molar-refractivity contribution in [2.45, 2.75) is 0 Å². The smallest absolute Gasteiger partial charge is 0.433 e. The van der Waals surface area contributed by atoms with Crippen LogP contribution in [0.25, 0.3) is 17.2 Å². The van der Waals surface area contributed by atoms with Crippen molar-refractivity contribution in [2.24, 2.45) is 4.99 Å². The van der Waals surface area contributed by atoms with Crippen molar-refractivity contribution in [2.75, 3.05) is 5.32 Å². The van der Waals surface area contributed by atoms with E-state index in [0.29, 0.717) is 11.5 Å². The largest absolute Gasteiger partial charge is 0.508 e. The molecule has 0 aliphatic carbocycles. The number of aromatic hydroxyl groups is 1. The van der Waals surface area contributed by atoms with E-state index in [-0.39, 0.29) is 17.3 Å². The van der Waals surface area contributed by atoms with Crippen LogP contribution >= 0.6 is 0 Å².